The molecule has 1 amide bonds. The number of carboxylic acids is 1. The molecule has 6 nitrogen and oxygen atoms in total. The molecule has 0 aromatic heterocycles. The number of allylic oxidation sites excluding steroid dienone is 1. The molecule has 0 saturated carbocycles. The highest BCUT2D eigenvalue weighted by molar-refractivity contribution is 6.32. The van der Waals surface area contributed by atoms with Gasteiger partial charge in [0.1, 0.15) is 17.2 Å². The molecule has 0 bridgehead atoms. The smallest absolute Gasteiger partial charge is 0.311 e. The van der Waals surface area contributed by atoms with Crippen LogP contribution in [0.4, 0.5) is 0 Å². The van der Waals surface area contributed by atoms with Gasteiger partial charge in [0, 0.05) is 23.4 Å². The Bertz CT molecular complexity index is 1210. The Morgan fingerprint density at radius 3 is 2.52 bits per heavy atom. The molecule has 1 aliphatic rings. The SMILES string of the molecule is C/C(=C\NC(=O)c1ccc(Oc2cc3c(cc2Cl)C(C(=O)O)CCO3)cc1)c1ccccc1. The maximum absolute atomic E-state index is 12.5. The van der Waals surface area contributed by atoms with E-state index in [0.717, 1.165) is 11.1 Å². The third-order valence-corrected chi connectivity index (χ3v) is 5.69. The third-order valence-electron chi connectivity index (χ3n) is 5.40. The molecule has 1 unspecified atom stereocenters. The fourth-order valence-corrected chi connectivity index (χ4v) is 3.78. The molecular weight excluding hydrogens is 442 g/mol. The molecule has 168 valence electrons. The summed E-state index contributed by atoms with van der Waals surface area (Å²) in [4.78, 5) is 23.9. The number of rotatable bonds is 6. The van der Waals surface area contributed by atoms with Crippen LogP contribution in [-0.4, -0.2) is 23.6 Å². The van der Waals surface area contributed by atoms with Crippen molar-refractivity contribution in [2.45, 2.75) is 19.3 Å². The summed E-state index contributed by atoms with van der Waals surface area (Å²) in [5.74, 6) is -0.527. The Morgan fingerprint density at radius 2 is 1.82 bits per heavy atom. The van der Waals surface area contributed by atoms with Crippen molar-refractivity contribution < 1.29 is 24.2 Å². The molecule has 2 N–H and O–H groups in total. The number of halogens is 1. The van der Waals surface area contributed by atoms with Crippen molar-refractivity contribution in [2.24, 2.45) is 0 Å². The first-order valence-corrected chi connectivity index (χ1v) is 10.8. The number of ether oxygens (including phenoxy) is 2. The molecule has 1 atom stereocenters. The molecule has 33 heavy (non-hydrogen) atoms. The van der Waals surface area contributed by atoms with Gasteiger partial charge in [-0.3, -0.25) is 9.59 Å². The van der Waals surface area contributed by atoms with Crippen molar-refractivity contribution in [1.82, 2.24) is 5.32 Å². The summed E-state index contributed by atoms with van der Waals surface area (Å²) >= 11 is 6.34. The van der Waals surface area contributed by atoms with Gasteiger partial charge in [0.05, 0.1) is 17.5 Å². The van der Waals surface area contributed by atoms with E-state index in [4.69, 9.17) is 21.1 Å². The number of nitrogens with one attached hydrogen (secondary N) is 1. The van der Waals surface area contributed by atoms with Gasteiger partial charge in [-0.25, -0.2) is 0 Å². The molecule has 0 spiro atoms. The lowest BCUT2D eigenvalue weighted by molar-refractivity contribution is -0.139. The van der Waals surface area contributed by atoms with Crippen molar-refractivity contribution in [3.63, 3.8) is 0 Å². The van der Waals surface area contributed by atoms with E-state index in [0.29, 0.717) is 41.4 Å². The number of carbonyl (C=O) groups is 2. The Hall–Kier alpha value is -3.77. The zero-order chi connectivity index (χ0) is 23.4. The summed E-state index contributed by atoms with van der Waals surface area (Å²) in [6.45, 7) is 2.24. The van der Waals surface area contributed by atoms with Gasteiger partial charge in [-0.05, 0) is 54.8 Å². The maximum atomic E-state index is 12.5. The van der Waals surface area contributed by atoms with Crippen LogP contribution in [0.25, 0.3) is 5.57 Å². The molecule has 0 saturated heterocycles. The predicted octanol–water partition coefficient (Wildman–Crippen LogP) is 5.87. The van der Waals surface area contributed by atoms with E-state index in [9.17, 15) is 14.7 Å². The molecule has 7 heteroatoms. The summed E-state index contributed by atoms with van der Waals surface area (Å²) in [5.41, 5.74) is 2.99. The van der Waals surface area contributed by atoms with E-state index in [-0.39, 0.29) is 10.9 Å². The molecule has 3 aromatic carbocycles. The second-order valence-electron chi connectivity index (χ2n) is 7.64. The van der Waals surface area contributed by atoms with Crippen LogP contribution in [0.15, 0.2) is 72.9 Å². The zero-order valence-corrected chi connectivity index (χ0v) is 18.6. The minimum atomic E-state index is -0.910. The first kappa shape index (κ1) is 22.4. The molecular formula is C26H22ClNO5. The fraction of sp³-hybridized carbons (Fsp3) is 0.154. The van der Waals surface area contributed by atoms with Gasteiger partial charge in [-0.15, -0.1) is 0 Å². The van der Waals surface area contributed by atoms with E-state index in [1.165, 1.54) is 0 Å². The third kappa shape index (κ3) is 5.18. The number of carboxylic acid groups (broad SMARTS) is 1. The molecule has 0 fully saturated rings. The van der Waals surface area contributed by atoms with Crippen LogP contribution in [-0.2, 0) is 4.79 Å². The van der Waals surface area contributed by atoms with E-state index in [1.807, 2.05) is 37.3 Å². The van der Waals surface area contributed by atoms with Crippen molar-refractivity contribution in [1.29, 1.82) is 0 Å². The lowest BCUT2D eigenvalue weighted by atomic mass is 9.93. The average Bonchev–Trinajstić information content (AvgIpc) is 2.83. The van der Waals surface area contributed by atoms with Gasteiger partial charge >= 0.3 is 5.97 Å². The van der Waals surface area contributed by atoms with E-state index >= 15 is 0 Å². The molecule has 1 heterocycles. The first-order chi connectivity index (χ1) is 15.9. The van der Waals surface area contributed by atoms with Crippen molar-refractivity contribution >= 4 is 29.1 Å². The fourth-order valence-electron chi connectivity index (χ4n) is 3.57. The van der Waals surface area contributed by atoms with Gasteiger partial charge in [-0.1, -0.05) is 41.9 Å². The minimum Gasteiger partial charge on any atom is -0.493 e. The molecule has 4 rings (SSSR count). The molecule has 0 aliphatic carbocycles. The van der Waals surface area contributed by atoms with Crippen molar-refractivity contribution in [3.8, 4) is 17.2 Å². The highest BCUT2D eigenvalue weighted by atomic mass is 35.5. The standard InChI is InChI=1S/C26H22ClNO5/c1-16(17-5-3-2-4-6-17)15-28-25(29)18-7-9-19(10-8-18)33-24-14-23-21(13-22(24)27)20(26(30)31)11-12-32-23/h2-10,13-15,20H,11-12H2,1H3,(H,28,29)(H,30,31)/b16-15+. The van der Waals surface area contributed by atoms with Crippen LogP contribution in [0.1, 0.15) is 40.7 Å². The Labute approximate surface area is 196 Å². The number of carbonyl (C=O) groups excluding carboxylic acids is 1. The number of aliphatic carboxylic acids is 1. The van der Waals surface area contributed by atoms with Crippen molar-refractivity contribution in [3.05, 3.63) is 94.6 Å². The van der Waals surface area contributed by atoms with Gasteiger partial charge < -0.3 is 19.9 Å². The summed E-state index contributed by atoms with van der Waals surface area (Å²) in [7, 11) is 0. The maximum Gasteiger partial charge on any atom is 0.311 e. The lowest BCUT2D eigenvalue weighted by Crippen LogP contribution is -2.20. The molecule has 0 radical (unpaired) electrons. The molecule has 1 aliphatic heterocycles. The number of fused-ring (bicyclic) bond motifs is 1. The Kier molecular flexibility index (Phi) is 6.66. The number of hydrogen-bond acceptors (Lipinski definition) is 4. The van der Waals surface area contributed by atoms with Gasteiger partial charge in [0.25, 0.3) is 5.91 Å². The summed E-state index contributed by atoms with van der Waals surface area (Å²) in [5, 5.41) is 12.5. The van der Waals surface area contributed by atoms with Gasteiger partial charge in [-0.2, -0.15) is 0 Å². The highest BCUT2D eigenvalue weighted by Gasteiger charge is 2.29. The topological polar surface area (TPSA) is 84.9 Å². The zero-order valence-electron chi connectivity index (χ0n) is 17.9. The van der Waals surface area contributed by atoms with Crippen LogP contribution in [0.2, 0.25) is 5.02 Å². The minimum absolute atomic E-state index is 0.239. The van der Waals surface area contributed by atoms with Crippen molar-refractivity contribution in [2.75, 3.05) is 6.61 Å². The summed E-state index contributed by atoms with van der Waals surface area (Å²) in [6.07, 6.45) is 2.07. The van der Waals surface area contributed by atoms with Gasteiger partial charge in [0.2, 0.25) is 0 Å². The Balaban J connectivity index is 1.45. The largest absolute Gasteiger partial charge is 0.493 e. The monoisotopic (exact) mass is 463 g/mol. The van der Waals surface area contributed by atoms with Crippen LogP contribution in [0.3, 0.4) is 0 Å². The second kappa shape index (κ2) is 9.79. The second-order valence-corrected chi connectivity index (χ2v) is 8.05. The quantitative estimate of drug-likeness (QED) is 0.477. The highest BCUT2D eigenvalue weighted by Crippen LogP contribution is 2.41. The Morgan fingerprint density at radius 1 is 1.09 bits per heavy atom. The van der Waals surface area contributed by atoms with Crippen LogP contribution >= 0.6 is 11.6 Å². The summed E-state index contributed by atoms with van der Waals surface area (Å²) < 4.78 is 11.5. The number of benzene rings is 3. The number of hydrogen-bond donors (Lipinski definition) is 2. The molecule has 3 aromatic rings. The predicted molar refractivity (Wildman–Crippen MR) is 126 cm³/mol. The van der Waals surface area contributed by atoms with E-state index in [2.05, 4.69) is 5.32 Å². The number of amides is 1. The average molecular weight is 464 g/mol. The normalized spacial score (nSPS) is 15.2. The van der Waals surface area contributed by atoms with E-state index in [1.54, 1.807) is 42.6 Å². The van der Waals surface area contributed by atoms with Crippen LogP contribution in [0, 0.1) is 0 Å². The van der Waals surface area contributed by atoms with Crippen LogP contribution in [0.5, 0.6) is 17.2 Å². The first-order valence-electron chi connectivity index (χ1n) is 10.4. The summed E-state index contributed by atoms with van der Waals surface area (Å²) in [6, 6.07) is 19.6. The van der Waals surface area contributed by atoms with Crippen LogP contribution < -0.4 is 14.8 Å². The van der Waals surface area contributed by atoms with E-state index < -0.39 is 11.9 Å². The lowest BCUT2D eigenvalue weighted by Gasteiger charge is -2.24. The van der Waals surface area contributed by atoms with Gasteiger partial charge in [0.15, 0.2) is 0 Å².